The van der Waals surface area contributed by atoms with Crippen LogP contribution in [0.5, 0.6) is 0 Å². The monoisotopic (exact) mass is 448 g/mol. The highest BCUT2D eigenvalue weighted by atomic mass is 32.2. The lowest BCUT2D eigenvalue weighted by Gasteiger charge is -2.32. The Balaban J connectivity index is 1.37. The number of thiophene rings is 1. The minimum atomic E-state index is -0.223. The molecule has 1 saturated heterocycles. The van der Waals surface area contributed by atoms with Gasteiger partial charge in [0.05, 0.1) is 16.4 Å². The number of rotatable bonds is 5. The standard InChI is InChI=1S/C21H28N4O3S2/c1-12(21(28)25-9-7-13(8-10-25)18(26)22-2)29-11-16-23-19(27)17-14-5-3-4-6-15(14)30-20(17)24-16/h12-13H,3-11H2,1-2H3,(H,22,26)(H,23,24,27)/t12-/m1/s1. The topological polar surface area (TPSA) is 95.2 Å². The second-order valence-corrected chi connectivity index (χ2v) is 10.5. The molecule has 3 heterocycles. The molecule has 1 aliphatic heterocycles. The number of thioether (sulfide) groups is 1. The highest BCUT2D eigenvalue weighted by Gasteiger charge is 2.29. The lowest BCUT2D eigenvalue weighted by atomic mass is 9.96. The molecule has 1 fully saturated rings. The predicted octanol–water partition coefficient (Wildman–Crippen LogP) is 2.47. The van der Waals surface area contributed by atoms with Crippen molar-refractivity contribution in [3.05, 3.63) is 26.6 Å². The number of amides is 2. The number of aromatic nitrogens is 2. The van der Waals surface area contributed by atoms with E-state index in [0.717, 1.165) is 29.5 Å². The van der Waals surface area contributed by atoms with Crippen LogP contribution in [0.15, 0.2) is 4.79 Å². The highest BCUT2D eigenvalue weighted by Crippen LogP contribution is 2.33. The third-order valence-electron chi connectivity index (χ3n) is 6.12. The fourth-order valence-electron chi connectivity index (χ4n) is 4.38. The fraction of sp³-hybridized carbons (Fsp3) is 0.619. The quantitative estimate of drug-likeness (QED) is 0.733. The number of aromatic amines is 1. The van der Waals surface area contributed by atoms with Crippen molar-refractivity contribution in [2.75, 3.05) is 20.1 Å². The molecule has 2 amide bonds. The number of nitrogens with one attached hydrogen (secondary N) is 2. The number of H-pyrrole nitrogens is 1. The van der Waals surface area contributed by atoms with Crippen LogP contribution in [0.25, 0.3) is 10.2 Å². The Hall–Kier alpha value is -1.87. The van der Waals surface area contributed by atoms with E-state index in [9.17, 15) is 14.4 Å². The number of carbonyl (C=O) groups is 2. The van der Waals surface area contributed by atoms with E-state index in [2.05, 4.69) is 10.3 Å². The van der Waals surface area contributed by atoms with Gasteiger partial charge in [0.25, 0.3) is 5.56 Å². The lowest BCUT2D eigenvalue weighted by molar-refractivity contribution is -0.134. The van der Waals surface area contributed by atoms with E-state index in [1.165, 1.54) is 28.6 Å². The molecule has 2 N–H and O–H groups in total. The van der Waals surface area contributed by atoms with Gasteiger partial charge in [-0.1, -0.05) is 0 Å². The van der Waals surface area contributed by atoms with Crippen LogP contribution in [0.1, 0.15) is 48.9 Å². The third kappa shape index (κ3) is 4.27. The summed E-state index contributed by atoms with van der Waals surface area (Å²) >= 11 is 3.14. The van der Waals surface area contributed by atoms with E-state index in [4.69, 9.17) is 4.98 Å². The molecule has 4 rings (SSSR count). The molecule has 1 atom stereocenters. The first-order valence-electron chi connectivity index (χ1n) is 10.6. The lowest BCUT2D eigenvalue weighted by Crippen LogP contribution is -2.45. The predicted molar refractivity (Wildman–Crippen MR) is 121 cm³/mol. The molecule has 0 saturated carbocycles. The molecular weight excluding hydrogens is 420 g/mol. The normalized spacial score (nSPS) is 18.3. The highest BCUT2D eigenvalue weighted by molar-refractivity contribution is 7.99. The van der Waals surface area contributed by atoms with Crippen molar-refractivity contribution in [2.45, 2.75) is 56.5 Å². The van der Waals surface area contributed by atoms with Crippen LogP contribution < -0.4 is 10.9 Å². The Morgan fingerprint density at radius 2 is 2.03 bits per heavy atom. The minimum absolute atomic E-state index is 0.000341. The van der Waals surface area contributed by atoms with E-state index in [0.29, 0.717) is 37.5 Å². The maximum atomic E-state index is 12.8. The van der Waals surface area contributed by atoms with Crippen LogP contribution >= 0.6 is 23.1 Å². The Bertz CT molecular complexity index is 1010. The summed E-state index contributed by atoms with van der Waals surface area (Å²) in [6.45, 7) is 3.13. The largest absolute Gasteiger partial charge is 0.359 e. The van der Waals surface area contributed by atoms with Crippen molar-refractivity contribution in [3.8, 4) is 0 Å². The number of aryl methyl sites for hydroxylation is 2. The molecule has 30 heavy (non-hydrogen) atoms. The second kappa shape index (κ2) is 9.09. The summed E-state index contributed by atoms with van der Waals surface area (Å²) < 4.78 is 0. The molecule has 2 aliphatic rings. The van der Waals surface area contributed by atoms with Gasteiger partial charge in [-0.15, -0.1) is 23.1 Å². The Morgan fingerprint density at radius 1 is 1.30 bits per heavy atom. The molecule has 0 unspecified atom stereocenters. The first-order chi connectivity index (χ1) is 14.5. The van der Waals surface area contributed by atoms with Crippen LogP contribution in [-0.2, 0) is 28.2 Å². The van der Waals surface area contributed by atoms with Gasteiger partial charge in [0.15, 0.2) is 0 Å². The average molecular weight is 449 g/mol. The SMILES string of the molecule is CNC(=O)C1CCN(C(=O)[C@@H](C)SCc2nc3sc4c(c3c(=O)[nH]2)CCCC4)CC1. The number of nitrogens with zero attached hydrogens (tertiary/aromatic N) is 2. The van der Waals surface area contributed by atoms with Gasteiger partial charge in [0.2, 0.25) is 11.8 Å². The summed E-state index contributed by atoms with van der Waals surface area (Å²) in [6.07, 6.45) is 5.74. The Labute approximate surface area is 184 Å². The maximum Gasteiger partial charge on any atom is 0.259 e. The number of piperidine rings is 1. The molecule has 162 valence electrons. The van der Waals surface area contributed by atoms with E-state index >= 15 is 0 Å². The third-order valence-corrected chi connectivity index (χ3v) is 8.44. The van der Waals surface area contributed by atoms with Gasteiger partial charge < -0.3 is 15.2 Å². The van der Waals surface area contributed by atoms with Crippen molar-refractivity contribution >= 4 is 45.1 Å². The number of hydrogen-bond acceptors (Lipinski definition) is 6. The molecule has 9 heteroatoms. The first kappa shape index (κ1) is 21.4. The summed E-state index contributed by atoms with van der Waals surface area (Å²) in [5.41, 5.74) is 1.14. The van der Waals surface area contributed by atoms with E-state index in [1.54, 1.807) is 18.4 Å². The Kier molecular flexibility index (Phi) is 6.48. The number of likely N-dealkylation sites (tertiary alicyclic amines) is 1. The molecule has 2 aromatic heterocycles. The number of fused-ring (bicyclic) bond motifs is 3. The fourth-order valence-corrected chi connectivity index (χ4v) is 6.49. The van der Waals surface area contributed by atoms with Crippen LogP contribution in [-0.4, -0.2) is 52.1 Å². The molecule has 7 nitrogen and oxygen atoms in total. The van der Waals surface area contributed by atoms with E-state index in [-0.39, 0.29) is 28.5 Å². The molecule has 2 aromatic rings. The van der Waals surface area contributed by atoms with Gasteiger partial charge in [0, 0.05) is 30.9 Å². The summed E-state index contributed by atoms with van der Waals surface area (Å²) in [5, 5.41) is 3.24. The zero-order chi connectivity index (χ0) is 21.3. The molecule has 1 aliphatic carbocycles. The zero-order valence-corrected chi connectivity index (χ0v) is 19.1. The average Bonchev–Trinajstić information content (AvgIpc) is 3.15. The van der Waals surface area contributed by atoms with Gasteiger partial charge in [-0.3, -0.25) is 14.4 Å². The first-order valence-corrected chi connectivity index (χ1v) is 12.5. The van der Waals surface area contributed by atoms with Crippen LogP contribution in [0.2, 0.25) is 0 Å². The molecular formula is C21H28N4O3S2. The summed E-state index contributed by atoms with van der Waals surface area (Å²) in [4.78, 5) is 48.8. The van der Waals surface area contributed by atoms with Crippen LogP contribution in [0.4, 0.5) is 0 Å². The minimum Gasteiger partial charge on any atom is -0.359 e. The van der Waals surface area contributed by atoms with Crippen molar-refractivity contribution in [2.24, 2.45) is 5.92 Å². The van der Waals surface area contributed by atoms with Crippen LogP contribution in [0.3, 0.4) is 0 Å². The van der Waals surface area contributed by atoms with Gasteiger partial charge in [-0.25, -0.2) is 4.98 Å². The summed E-state index contributed by atoms with van der Waals surface area (Å²) in [5.74, 6) is 1.28. The van der Waals surface area contributed by atoms with Crippen molar-refractivity contribution in [1.82, 2.24) is 20.2 Å². The molecule has 0 aromatic carbocycles. The van der Waals surface area contributed by atoms with Gasteiger partial charge >= 0.3 is 0 Å². The van der Waals surface area contributed by atoms with Gasteiger partial charge in [0.1, 0.15) is 10.7 Å². The van der Waals surface area contributed by atoms with Crippen LogP contribution in [0, 0.1) is 5.92 Å². The smallest absolute Gasteiger partial charge is 0.259 e. The number of hydrogen-bond donors (Lipinski definition) is 2. The molecule has 0 spiro atoms. The molecule has 0 radical (unpaired) electrons. The molecule has 0 bridgehead atoms. The van der Waals surface area contributed by atoms with Gasteiger partial charge in [-0.05, 0) is 51.0 Å². The van der Waals surface area contributed by atoms with E-state index < -0.39 is 0 Å². The van der Waals surface area contributed by atoms with Gasteiger partial charge in [-0.2, -0.15) is 0 Å². The van der Waals surface area contributed by atoms with Crippen molar-refractivity contribution in [1.29, 1.82) is 0 Å². The van der Waals surface area contributed by atoms with E-state index in [1.807, 2.05) is 11.8 Å². The summed E-state index contributed by atoms with van der Waals surface area (Å²) in [6, 6.07) is 0. The number of carbonyl (C=O) groups excluding carboxylic acids is 2. The summed E-state index contributed by atoms with van der Waals surface area (Å²) in [7, 11) is 1.65. The second-order valence-electron chi connectivity index (χ2n) is 8.07. The van der Waals surface area contributed by atoms with Crippen molar-refractivity contribution < 1.29 is 9.59 Å². The zero-order valence-electron chi connectivity index (χ0n) is 17.5. The Morgan fingerprint density at radius 3 is 2.77 bits per heavy atom. The van der Waals surface area contributed by atoms with Crippen molar-refractivity contribution in [3.63, 3.8) is 0 Å². The maximum absolute atomic E-state index is 12.8.